The Hall–Kier alpha value is -1.26. The van der Waals surface area contributed by atoms with Gasteiger partial charge in [-0.15, -0.1) is 0 Å². The minimum Gasteiger partial charge on any atom is -0.496 e. The van der Waals surface area contributed by atoms with E-state index >= 15 is 0 Å². The van der Waals surface area contributed by atoms with Gasteiger partial charge in [0, 0.05) is 0 Å². The Morgan fingerprint density at radius 2 is 1.90 bits per heavy atom. The summed E-state index contributed by atoms with van der Waals surface area (Å²) in [4.78, 5) is 0. The first-order chi connectivity index (χ1) is 10.0. The summed E-state index contributed by atoms with van der Waals surface area (Å²) in [6.07, 6.45) is 0.694. The summed E-state index contributed by atoms with van der Waals surface area (Å²) in [5, 5.41) is 1.05. The van der Waals surface area contributed by atoms with Crippen LogP contribution < -0.4 is 16.0 Å². The van der Waals surface area contributed by atoms with Crippen LogP contribution in [0.15, 0.2) is 36.4 Å². The van der Waals surface area contributed by atoms with Gasteiger partial charge in [-0.2, -0.15) is 0 Å². The van der Waals surface area contributed by atoms with Crippen LogP contribution in [-0.2, 0) is 6.42 Å². The molecule has 3 nitrogen and oxygen atoms in total. The fourth-order valence-electron chi connectivity index (χ4n) is 2.29. The van der Waals surface area contributed by atoms with Gasteiger partial charge in [-0.25, -0.2) is 0 Å². The molecule has 112 valence electrons. The number of ether oxygens (including phenoxy) is 1. The third-order valence-electron chi connectivity index (χ3n) is 3.41. The SMILES string of the molecule is COc1ccc(C)cc1CC(NN)c1ccc(Cl)c(Cl)c1. The molecular weight excluding hydrogens is 307 g/mol. The lowest BCUT2D eigenvalue weighted by Gasteiger charge is -2.19. The lowest BCUT2D eigenvalue weighted by molar-refractivity contribution is 0.405. The van der Waals surface area contributed by atoms with Gasteiger partial charge in [-0.1, -0.05) is 47.0 Å². The average molecular weight is 325 g/mol. The van der Waals surface area contributed by atoms with Crippen molar-refractivity contribution in [3.63, 3.8) is 0 Å². The lowest BCUT2D eigenvalue weighted by Crippen LogP contribution is -2.29. The van der Waals surface area contributed by atoms with Crippen LogP contribution >= 0.6 is 23.2 Å². The van der Waals surface area contributed by atoms with Crippen molar-refractivity contribution >= 4 is 23.2 Å². The van der Waals surface area contributed by atoms with Crippen molar-refractivity contribution < 1.29 is 4.74 Å². The Kier molecular flexibility index (Phi) is 5.48. The smallest absolute Gasteiger partial charge is 0.122 e. The van der Waals surface area contributed by atoms with E-state index in [9.17, 15) is 0 Å². The van der Waals surface area contributed by atoms with Gasteiger partial charge in [0.2, 0.25) is 0 Å². The highest BCUT2D eigenvalue weighted by Crippen LogP contribution is 2.29. The number of methoxy groups -OCH3 is 1. The molecule has 0 heterocycles. The zero-order valence-electron chi connectivity index (χ0n) is 12.0. The molecule has 21 heavy (non-hydrogen) atoms. The van der Waals surface area contributed by atoms with Crippen LogP contribution in [0.2, 0.25) is 10.0 Å². The molecule has 0 aliphatic carbocycles. The zero-order chi connectivity index (χ0) is 15.4. The van der Waals surface area contributed by atoms with Gasteiger partial charge in [0.25, 0.3) is 0 Å². The highest BCUT2D eigenvalue weighted by atomic mass is 35.5. The molecule has 1 unspecified atom stereocenters. The Morgan fingerprint density at radius 1 is 1.14 bits per heavy atom. The van der Waals surface area contributed by atoms with Gasteiger partial charge in [-0.3, -0.25) is 11.3 Å². The third-order valence-corrected chi connectivity index (χ3v) is 4.15. The fourth-order valence-corrected chi connectivity index (χ4v) is 2.60. The molecule has 0 amide bonds. The van der Waals surface area contributed by atoms with Crippen molar-refractivity contribution in [1.82, 2.24) is 5.43 Å². The number of hydrogen-bond acceptors (Lipinski definition) is 3. The number of nitrogens with one attached hydrogen (secondary N) is 1. The second kappa shape index (κ2) is 7.14. The van der Waals surface area contributed by atoms with Crippen LogP contribution in [0.4, 0.5) is 0 Å². The maximum Gasteiger partial charge on any atom is 0.122 e. The number of nitrogens with two attached hydrogens (primary N) is 1. The van der Waals surface area contributed by atoms with E-state index in [0.717, 1.165) is 16.9 Å². The van der Waals surface area contributed by atoms with Gasteiger partial charge in [-0.05, 0) is 42.7 Å². The van der Waals surface area contributed by atoms with E-state index in [4.69, 9.17) is 33.8 Å². The molecule has 0 aromatic heterocycles. The first-order valence-corrected chi connectivity index (χ1v) is 7.35. The van der Waals surface area contributed by atoms with Crippen molar-refractivity contribution in [3.8, 4) is 5.75 Å². The van der Waals surface area contributed by atoms with Crippen molar-refractivity contribution in [2.45, 2.75) is 19.4 Å². The van der Waals surface area contributed by atoms with E-state index in [1.807, 2.05) is 31.2 Å². The first-order valence-electron chi connectivity index (χ1n) is 6.59. The van der Waals surface area contributed by atoms with Crippen molar-refractivity contribution in [3.05, 3.63) is 63.1 Å². The summed E-state index contributed by atoms with van der Waals surface area (Å²) >= 11 is 12.0. The van der Waals surface area contributed by atoms with E-state index in [1.165, 1.54) is 5.56 Å². The quantitative estimate of drug-likeness (QED) is 0.644. The molecule has 5 heteroatoms. The van der Waals surface area contributed by atoms with Crippen LogP contribution in [0.5, 0.6) is 5.75 Å². The molecular formula is C16H18Cl2N2O. The summed E-state index contributed by atoms with van der Waals surface area (Å²) in [6, 6.07) is 11.5. The predicted molar refractivity (Wildman–Crippen MR) is 88.0 cm³/mol. The van der Waals surface area contributed by atoms with Crippen molar-refractivity contribution in [2.24, 2.45) is 5.84 Å². The first kappa shape index (κ1) is 16.1. The molecule has 2 aromatic rings. The van der Waals surface area contributed by atoms with E-state index in [-0.39, 0.29) is 6.04 Å². The number of hydrazine groups is 1. The second-order valence-electron chi connectivity index (χ2n) is 4.91. The highest BCUT2D eigenvalue weighted by Gasteiger charge is 2.15. The molecule has 3 N–H and O–H groups in total. The topological polar surface area (TPSA) is 47.3 Å². The van der Waals surface area contributed by atoms with Gasteiger partial charge >= 0.3 is 0 Å². The number of aryl methyl sites for hydroxylation is 1. The molecule has 0 saturated carbocycles. The minimum absolute atomic E-state index is 0.0736. The summed E-state index contributed by atoms with van der Waals surface area (Å²) in [7, 11) is 1.66. The van der Waals surface area contributed by atoms with Crippen molar-refractivity contribution in [2.75, 3.05) is 7.11 Å². The van der Waals surface area contributed by atoms with E-state index < -0.39 is 0 Å². The third kappa shape index (κ3) is 3.89. The van der Waals surface area contributed by atoms with Crippen LogP contribution in [-0.4, -0.2) is 7.11 Å². The van der Waals surface area contributed by atoms with Crippen LogP contribution in [0.1, 0.15) is 22.7 Å². The molecule has 2 aromatic carbocycles. The largest absolute Gasteiger partial charge is 0.496 e. The number of benzene rings is 2. The van der Waals surface area contributed by atoms with Crippen molar-refractivity contribution in [1.29, 1.82) is 0 Å². The maximum absolute atomic E-state index is 6.08. The van der Waals surface area contributed by atoms with Gasteiger partial charge in [0.1, 0.15) is 5.75 Å². The Morgan fingerprint density at radius 3 is 2.52 bits per heavy atom. The monoisotopic (exact) mass is 324 g/mol. The molecule has 1 atom stereocenters. The normalized spacial score (nSPS) is 12.2. The van der Waals surface area contributed by atoms with E-state index in [2.05, 4.69) is 11.5 Å². The van der Waals surface area contributed by atoms with Gasteiger partial charge < -0.3 is 4.74 Å². The maximum atomic E-state index is 6.08. The zero-order valence-corrected chi connectivity index (χ0v) is 13.5. The standard InChI is InChI=1S/C16H18Cl2N2O/c1-10-3-6-16(21-2)12(7-10)9-15(20-19)11-4-5-13(17)14(18)8-11/h3-8,15,20H,9,19H2,1-2H3. The summed E-state index contributed by atoms with van der Waals surface area (Å²) in [5.41, 5.74) is 6.07. The van der Waals surface area contributed by atoms with Crippen LogP contribution in [0.25, 0.3) is 0 Å². The highest BCUT2D eigenvalue weighted by molar-refractivity contribution is 6.42. The van der Waals surface area contributed by atoms with Crippen LogP contribution in [0, 0.1) is 6.92 Å². The molecule has 2 rings (SSSR count). The van der Waals surface area contributed by atoms with Gasteiger partial charge in [0.15, 0.2) is 0 Å². The lowest BCUT2D eigenvalue weighted by atomic mass is 9.97. The number of halogens is 2. The summed E-state index contributed by atoms with van der Waals surface area (Å²) < 4.78 is 5.41. The Labute approximate surface area is 135 Å². The molecule has 0 spiro atoms. The minimum atomic E-state index is -0.0736. The number of hydrogen-bond donors (Lipinski definition) is 2. The summed E-state index contributed by atoms with van der Waals surface area (Å²) in [6.45, 7) is 2.05. The molecule has 0 fully saturated rings. The van der Waals surface area contributed by atoms with E-state index in [1.54, 1.807) is 13.2 Å². The van der Waals surface area contributed by atoms with Crippen LogP contribution in [0.3, 0.4) is 0 Å². The summed E-state index contributed by atoms with van der Waals surface area (Å²) in [5.74, 6) is 6.55. The fraction of sp³-hybridized carbons (Fsp3) is 0.250. The molecule has 0 bridgehead atoms. The average Bonchev–Trinajstić information content (AvgIpc) is 2.48. The number of rotatable bonds is 5. The predicted octanol–water partition coefficient (Wildman–Crippen LogP) is 4.06. The molecule has 0 saturated heterocycles. The van der Waals surface area contributed by atoms with E-state index in [0.29, 0.717) is 16.5 Å². The molecule has 0 aliphatic heterocycles. The second-order valence-corrected chi connectivity index (χ2v) is 5.73. The molecule has 0 aliphatic rings. The Bertz CT molecular complexity index is 632. The van der Waals surface area contributed by atoms with Gasteiger partial charge in [0.05, 0.1) is 23.2 Å². The Balaban J connectivity index is 2.30. The molecule has 0 radical (unpaired) electrons.